The van der Waals surface area contributed by atoms with Crippen LogP contribution < -0.4 is 5.32 Å². The van der Waals surface area contributed by atoms with Crippen molar-refractivity contribution in [1.82, 2.24) is 10.2 Å². The fourth-order valence-electron chi connectivity index (χ4n) is 1.74. The van der Waals surface area contributed by atoms with Gasteiger partial charge >= 0.3 is 0 Å². The number of nitriles is 1. The molecule has 1 amide bonds. The first-order chi connectivity index (χ1) is 10.6. The lowest BCUT2D eigenvalue weighted by Crippen LogP contribution is -2.26. The number of halogens is 1. The summed E-state index contributed by atoms with van der Waals surface area (Å²) in [5, 5.41) is 12.4. The van der Waals surface area contributed by atoms with E-state index in [2.05, 4.69) is 18.5 Å². The quantitative estimate of drug-likeness (QED) is 0.456. The second kappa shape index (κ2) is 9.43. The molecule has 0 atom stereocenters. The summed E-state index contributed by atoms with van der Waals surface area (Å²) < 4.78 is 0. The monoisotopic (exact) mass is 315 g/mol. The molecule has 0 aliphatic heterocycles. The van der Waals surface area contributed by atoms with E-state index in [1.54, 1.807) is 23.1 Å². The molecular weight excluding hydrogens is 298 g/mol. The summed E-state index contributed by atoms with van der Waals surface area (Å²) >= 11 is 6.03. The van der Waals surface area contributed by atoms with Crippen LogP contribution in [0.3, 0.4) is 0 Å². The van der Waals surface area contributed by atoms with E-state index < -0.39 is 5.91 Å². The normalized spacial score (nSPS) is 10.5. The van der Waals surface area contributed by atoms with Gasteiger partial charge in [-0.15, -0.1) is 13.2 Å². The Morgan fingerprint density at radius 2 is 1.95 bits per heavy atom. The molecule has 0 bridgehead atoms. The maximum Gasteiger partial charge on any atom is 0.263 e. The van der Waals surface area contributed by atoms with Crippen LogP contribution in [0.2, 0.25) is 5.02 Å². The van der Waals surface area contributed by atoms with E-state index in [0.717, 1.165) is 5.56 Å². The summed E-state index contributed by atoms with van der Waals surface area (Å²) in [7, 11) is 0. The van der Waals surface area contributed by atoms with E-state index in [4.69, 9.17) is 16.9 Å². The molecule has 114 valence electrons. The third kappa shape index (κ3) is 5.47. The number of nitrogens with zero attached hydrogens (tertiary/aromatic N) is 2. The first kappa shape index (κ1) is 17.5. The van der Waals surface area contributed by atoms with E-state index in [-0.39, 0.29) is 12.1 Å². The largest absolute Gasteiger partial charge is 0.369 e. The number of carbonyl (C=O) groups excluding carboxylic acids is 1. The van der Waals surface area contributed by atoms with Crippen LogP contribution in [0.5, 0.6) is 0 Å². The van der Waals surface area contributed by atoms with Gasteiger partial charge in [-0.25, -0.2) is 0 Å². The van der Waals surface area contributed by atoms with Crippen molar-refractivity contribution in [3.63, 3.8) is 0 Å². The summed E-state index contributed by atoms with van der Waals surface area (Å²) in [6.07, 6.45) is 4.89. The van der Waals surface area contributed by atoms with Gasteiger partial charge in [0.25, 0.3) is 5.91 Å². The standard InChI is InChI=1S/C17H18ClN3O/c1-3-9-21(10-4-2)13-15(11-19)17(22)20-12-14-7-5-6-8-16(14)18/h3-8,13H,1-2,9-10,12H2,(H,20,22)/b15-13-. The zero-order chi connectivity index (χ0) is 16.4. The van der Waals surface area contributed by atoms with Gasteiger partial charge in [-0.3, -0.25) is 4.79 Å². The van der Waals surface area contributed by atoms with Crippen molar-refractivity contribution >= 4 is 17.5 Å². The molecule has 0 aliphatic rings. The van der Waals surface area contributed by atoms with E-state index >= 15 is 0 Å². The molecule has 5 heteroatoms. The lowest BCUT2D eigenvalue weighted by molar-refractivity contribution is -0.117. The molecule has 1 rings (SSSR count). The number of hydrogen-bond acceptors (Lipinski definition) is 3. The molecule has 4 nitrogen and oxygen atoms in total. The maximum absolute atomic E-state index is 12.1. The third-order valence-electron chi connectivity index (χ3n) is 2.80. The van der Waals surface area contributed by atoms with Gasteiger partial charge in [0.2, 0.25) is 0 Å². The van der Waals surface area contributed by atoms with Crippen LogP contribution in [-0.2, 0) is 11.3 Å². The molecule has 1 N–H and O–H groups in total. The molecule has 0 radical (unpaired) electrons. The molecule has 1 aromatic carbocycles. The molecule has 0 spiro atoms. The van der Waals surface area contributed by atoms with Gasteiger partial charge < -0.3 is 10.2 Å². The zero-order valence-corrected chi connectivity index (χ0v) is 13.0. The van der Waals surface area contributed by atoms with Gasteiger partial charge in [0, 0.05) is 30.9 Å². The van der Waals surface area contributed by atoms with Crippen molar-refractivity contribution < 1.29 is 4.79 Å². The van der Waals surface area contributed by atoms with Gasteiger partial charge in [-0.05, 0) is 11.6 Å². The van der Waals surface area contributed by atoms with E-state index in [1.807, 2.05) is 24.3 Å². The Labute approximate surface area is 136 Å². The predicted molar refractivity (Wildman–Crippen MR) is 89.0 cm³/mol. The van der Waals surface area contributed by atoms with Gasteiger partial charge in [-0.2, -0.15) is 5.26 Å². The van der Waals surface area contributed by atoms with Crippen molar-refractivity contribution in [1.29, 1.82) is 5.26 Å². The number of rotatable bonds is 8. The van der Waals surface area contributed by atoms with Gasteiger partial charge in [-0.1, -0.05) is 42.0 Å². The summed E-state index contributed by atoms with van der Waals surface area (Å²) in [6.45, 7) is 8.60. The van der Waals surface area contributed by atoms with E-state index in [1.165, 1.54) is 6.20 Å². The van der Waals surface area contributed by atoms with Crippen LogP contribution in [0.15, 0.2) is 61.3 Å². The summed E-state index contributed by atoms with van der Waals surface area (Å²) in [4.78, 5) is 13.9. The summed E-state index contributed by atoms with van der Waals surface area (Å²) in [5.41, 5.74) is 0.819. The second-order valence-electron chi connectivity index (χ2n) is 4.46. The Morgan fingerprint density at radius 3 is 2.50 bits per heavy atom. The molecule has 0 aliphatic carbocycles. The highest BCUT2D eigenvalue weighted by atomic mass is 35.5. The predicted octanol–water partition coefficient (Wildman–Crippen LogP) is 3.04. The summed E-state index contributed by atoms with van der Waals surface area (Å²) in [6, 6.07) is 9.13. The highest BCUT2D eigenvalue weighted by molar-refractivity contribution is 6.31. The third-order valence-corrected chi connectivity index (χ3v) is 3.17. The average Bonchev–Trinajstić information content (AvgIpc) is 2.51. The van der Waals surface area contributed by atoms with Crippen molar-refractivity contribution in [2.75, 3.05) is 13.1 Å². The molecule has 0 heterocycles. The maximum atomic E-state index is 12.1. The Balaban J connectivity index is 2.75. The fraction of sp³-hybridized carbons (Fsp3) is 0.176. The van der Waals surface area contributed by atoms with Crippen molar-refractivity contribution in [3.05, 3.63) is 71.9 Å². The fourth-order valence-corrected chi connectivity index (χ4v) is 1.95. The van der Waals surface area contributed by atoms with Crippen LogP contribution in [0.25, 0.3) is 0 Å². The highest BCUT2D eigenvalue weighted by Gasteiger charge is 2.11. The first-order valence-electron chi connectivity index (χ1n) is 6.71. The Hall–Kier alpha value is -2.51. The smallest absolute Gasteiger partial charge is 0.263 e. The number of benzene rings is 1. The SMILES string of the molecule is C=CCN(/C=C(/C#N)C(=O)NCc1ccccc1Cl)CC=C. The Morgan fingerprint density at radius 1 is 1.32 bits per heavy atom. The van der Waals surface area contributed by atoms with Gasteiger partial charge in [0.1, 0.15) is 11.6 Å². The lowest BCUT2D eigenvalue weighted by Gasteiger charge is -2.16. The highest BCUT2D eigenvalue weighted by Crippen LogP contribution is 2.14. The van der Waals surface area contributed by atoms with Gasteiger partial charge in [0.05, 0.1) is 0 Å². The molecule has 0 saturated heterocycles. The second-order valence-corrected chi connectivity index (χ2v) is 4.87. The molecule has 0 fully saturated rings. The first-order valence-corrected chi connectivity index (χ1v) is 7.09. The Bertz CT molecular complexity index is 607. The lowest BCUT2D eigenvalue weighted by atomic mass is 10.2. The van der Waals surface area contributed by atoms with Gasteiger partial charge in [0.15, 0.2) is 0 Å². The van der Waals surface area contributed by atoms with Crippen LogP contribution in [0.1, 0.15) is 5.56 Å². The van der Waals surface area contributed by atoms with E-state index in [0.29, 0.717) is 18.1 Å². The molecule has 22 heavy (non-hydrogen) atoms. The van der Waals surface area contributed by atoms with Crippen LogP contribution >= 0.6 is 11.6 Å². The number of nitrogens with one attached hydrogen (secondary N) is 1. The van der Waals surface area contributed by atoms with Crippen molar-refractivity contribution in [2.24, 2.45) is 0 Å². The molecule has 0 aromatic heterocycles. The minimum absolute atomic E-state index is 0.0238. The van der Waals surface area contributed by atoms with E-state index in [9.17, 15) is 4.79 Å². The average molecular weight is 316 g/mol. The minimum atomic E-state index is -0.444. The van der Waals surface area contributed by atoms with Crippen LogP contribution in [0, 0.1) is 11.3 Å². The minimum Gasteiger partial charge on any atom is -0.369 e. The van der Waals surface area contributed by atoms with Crippen molar-refractivity contribution in [2.45, 2.75) is 6.54 Å². The number of hydrogen-bond donors (Lipinski definition) is 1. The Kier molecular flexibility index (Phi) is 7.52. The van der Waals surface area contributed by atoms with Crippen LogP contribution in [-0.4, -0.2) is 23.9 Å². The number of amides is 1. The van der Waals surface area contributed by atoms with Crippen molar-refractivity contribution in [3.8, 4) is 6.07 Å². The molecular formula is C17H18ClN3O. The molecule has 0 unspecified atom stereocenters. The zero-order valence-electron chi connectivity index (χ0n) is 12.3. The number of carbonyl (C=O) groups is 1. The topological polar surface area (TPSA) is 56.1 Å². The summed E-state index contributed by atoms with van der Waals surface area (Å²) in [5.74, 6) is -0.444. The molecule has 1 aromatic rings. The van der Waals surface area contributed by atoms with Crippen LogP contribution in [0.4, 0.5) is 0 Å². The molecule has 0 saturated carbocycles.